The molecule has 0 fully saturated rings. The summed E-state index contributed by atoms with van der Waals surface area (Å²) in [5.74, 6) is -2.20. The Bertz CT molecular complexity index is 1690. The van der Waals surface area contributed by atoms with Crippen molar-refractivity contribution in [2.24, 2.45) is 5.73 Å². The van der Waals surface area contributed by atoms with Gasteiger partial charge in [0, 0.05) is 29.1 Å². The molecule has 12 nitrogen and oxygen atoms in total. The summed E-state index contributed by atoms with van der Waals surface area (Å²) >= 11 is 0. The normalized spacial score (nSPS) is 18.1. The number of ether oxygens (including phenoxy) is 3. The van der Waals surface area contributed by atoms with E-state index in [-0.39, 0.29) is 25.4 Å². The smallest absolute Gasteiger partial charge is 0.475 e. The van der Waals surface area contributed by atoms with Crippen molar-refractivity contribution in [3.8, 4) is 22.9 Å². The standard InChI is InChI=1S/C26H28N4O6.C2HF3O2/c1-3-26(33)18-8-20-23-16(11-30(20)24(31)17(18)12-34-25(26)32)15(10-29(2)6-4-5-27)14-7-21-22(36-13-35-21)9-19(14)28-23;3-2(4,5)1(6)7/h7-9,33H,3-6,10-13,27H2,1-2H3;(H,6,7)/t26-;/m0./s1. The Hall–Kier alpha value is -4.21. The van der Waals surface area contributed by atoms with E-state index in [0.717, 1.165) is 35.0 Å². The first-order chi connectivity index (χ1) is 20.3. The number of nitrogens with two attached hydrogens (primary N) is 1. The van der Waals surface area contributed by atoms with Crippen molar-refractivity contribution in [3.05, 3.63) is 50.8 Å². The number of hydrogen-bond donors (Lipinski definition) is 3. The van der Waals surface area contributed by atoms with E-state index >= 15 is 0 Å². The first-order valence-corrected chi connectivity index (χ1v) is 13.4. The van der Waals surface area contributed by atoms with E-state index in [4.69, 9.17) is 34.8 Å². The third-order valence-corrected chi connectivity index (χ3v) is 7.71. The van der Waals surface area contributed by atoms with Crippen LogP contribution in [0, 0.1) is 0 Å². The maximum absolute atomic E-state index is 13.6. The lowest BCUT2D eigenvalue weighted by Crippen LogP contribution is -2.44. The lowest BCUT2D eigenvalue weighted by Gasteiger charge is -2.31. The van der Waals surface area contributed by atoms with Gasteiger partial charge in [0.05, 0.1) is 29.0 Å². The van der Waals surface area contributed by atoms with Crippen LogP contribution >= 0.6 is 0 Å². The number of aliphatic carboxylic acids is 1. The molecule has 0 radical (unpaired) electrons. The van der Waals surface area contributed by atoms with E-state index in [1.807, 2.05) is 19.2 Å². The number of nitrogens with zero attached hydrogens (tertiary/aromatic N) is 3. The maximum atomic E-state index is 13.6. The van der Waals surface area contributed by atoms with Crippen molar-refractivity contribution in [1.29, 1.82) is 0 Å². The van der Waals surface area contributed by atoms with Gasteiger partial charge >= 0.3 is 18.1 Å². The molecule has 5 heterocycles. The number of esters is 1. The molecule has 0 amide bonds. The van der Waals surface area contributed by atoms with Gasteiger partial charge in [-0.05, 0) is 50.7 Å². The van der Waals surface area contributed by atoms with E-state index in [0.29, 0.717) is 53.6 Å². The van der Waals surface area contributed by atoms with Crippen LogP contribution in [0.25, 0.3) is 22.3 Å². The van der Waals surface area contributed by atoms with Crippen LogP contribution < -0.4 is 20.8 Å². The van der Waals surface area contributed by atoms with Crippen molar-refractivity contribution in [2.45, 2.75) is 51.2 Å². The first kappa shape index (κ1) is 30.3. The highest BCUT2D eigenvalue weighted by molar-refractivity contribution is 5.91. The Kier molecular flexibility index (Phi) is 7.83. The molecular weight excluding hydrogens is 577 g/mol. The lowest BCUT2D eigenvalue weighted by atomic mass is 9.86. The molecule has 0 bridgehead atoms. The second kappa shape index (κ2) is 11.1. The minimum atomic E-state index is -5.08. The van der Waals surface area contributed by atoms with E-state index < -0.39 is 23.7 Å². The van der Waals surface area contributed by atoms with Gasteiger partial charge in [-0.1, -0.05) is 6.92 Å². The number of carbonyl (C=O) groups is 2. The molecule has 1 atom stereocenters. The molecule has 3 aromatic rings. The number of aliphatic hydroxyl groups is 1. The molecule has 1 aromatic carbocycles. The number of carboxylic acid groups (broad SMARTS) is 1. The zero-order chi connectivity index (χ0) is 31.3. The topological polar surface area (TPSA) is 166 Å². The van der Waals surface area contributed by atoms with Gasteiger partial charge < -0.3 is 39.6 Å². The SMILES string of the molecule is CC[C@@]1(O)C(=O)OCc2c1cc1n(c2=O)Cc2c-1nc1cc3c(cc1c2CN(C)CCCN)OCO3.O=C(O)C(F)(F)F. The minimum absolute atomic E-state index is 0.0976. The summed E-state index contributed by atoms with van der Waals surface area (Å²) in [6.07, 6.45) is -4.12. The molecule has 2 aromatic heterocycles. The Balaban J connectivity index is 0.000000472. The second-order valence-electron chi connectivity index (χ2n) is 10.4. The molecule has 230 valence electrons. The number of rotatable bonds is 6. The second-order valence-corrected chi connectivity index (χ2v) is 10.4. The Morgan fingerprint density at radius 1 is 1.16 bits per heavy atom. The molecule has 4 N–H and O–H groups in total. The molecule has 3 aliphatic rings. The Morgan fingerprint density at radius 2 is 1.84 bits per heavy atom. The van der Waals surface area contributed by atoms with Crippen molar-refractivity contribution in [1.82, 2.24) is 14.5 Å². The summed E-state index contributed by atoms with van der Waals surface area (Å²) in [6, 6.07) is 5.55. The van der Waals surface area contributed by atoms with Crippen LogP contribution in [0.5, 0.6) is 11.5 Å². The highest BCUT2D eigenvalue weighted by Gasteiger charge is 2.45. The van der Waals surface area contributed by atoms with Gasteiger partial charge in [0.15, 0.2) is 17.1 Å². The summed E-state index contributed by atoms with van der Waals surface area (Å²) in [7, 11) is 2.04. The summed E-state index contributed by atoms with van der Waals surface area (Å²) in [5.41, 5.74) is 8.17. The number of fused-ring (bicyclic) bond motifs is 6. The number of pyridine rings is 2. The molecule has 0 unspecified atom stereocenters. The van der Waals surface area contributed by atoms with Gasteiger partial charge in [-0.25, -0.2) is 14.6 Å². The van der Waals surface area contributed by atoms with Gasteiger partial charge in [0.1, 0.15) is 6.61 Å². The van der Waals surface area contributed by atoms with Gasteiger partial charge in [-0.3, -0.25) is 4.79 Å². The van der Waals surface area contributed by atoms with Crippen molar-refractivity contribution < 1.29 is 47.2 Å². The van der Waals surface area contributed by atoms with Crippen molar-refractivity contribution >= 4 is 22.8 Å². The van der Waals surface area contributed by atoms with E-state index in [9.17, 15) is 27.9 Å². The summed E-state index contributed by atoms with van der Waals surface area (Å²) in [5, 5.41) is 19.2. The lowest BCUT2D eigenvalue weighted by molar-refractivity contribution is -0.192. The highest BCUT2D eigenvalue weighted by Crippen LogP contribution is 2.43. The molecule has 6 rings (SSSR count). The number of hydrogen-bond acceptors (Lipinski definition) is 10. The number of cyclic esters (lactones) is 1. The number of carbonyl (C=O) groups excluding carboxylic acids is 1. The highest BCUT2D eigenvalue weighted by atomic mass is 19.4. The minimum Gasteiger partial charge on any atom is -0.475 e. The van der Waals surface area contributed by atoms with Crippen LogP contribution in [0.4, 0.5) is 13.2 Å². The summed E-state index contributed by atoms with van der Waals surface area (Å²) in [4.78, 5) is 42.1. The first-order valence-electron chi connectivity index (χ1n) is 13.4. The molecule has 43 heavy (non-hydrogen) atoms. The maximum Gasteiger partial charge on any atom is 0.490 e. The average Bonchev–Trinajstić information content (AvgIpc) is 3.57. The van der Waals surface area contributed by atoms with E-state index in [1.165, 1.54) is 0 Å². The van der Waals surface area contributed by atoms with Crippen LogP contribution in [0.3, 0.4) is 0 Å². The molecule has 0 spiro atoms. The van der Waals surface area contributed by atoms with Crippen LogP contribution in [0.15, 0.2) is 23.0 Å². The fourth-order valence-corrected chi connectivity index (χ4v) is 5.44. The van der Waals surface area contributed by atoms with E-state index in [2.05, 4.69) is 4.90 Å². The number of benzene rings is 1. The van der Waals surface area contributed by atoms with Crippen LogP contribution in [0.1, 0.15) is 42.0 Å². The third kappa shape index (κ3) is 5.28. The van der Waals surface area contributed by atoms with Crippen LogP contribution in [0.2, 0.25) is 0 Å². The van der Waals surface area contributed by atoms with Gasteiger partial charge in [0.2, 0.25) is 6.79 Å². The quantitative estimate of drug-likeness (QED) is 0.276. The van der Waals surface area contributed by atoms with Crippen molar-refractivity contribution in [3.63, 3.8) is 0 Å². The van der Waals surface area contributed by atoms with Crippen molar-refractivity contribution in [2.75, 3.05) is 26.9 Å². The summed E-state index contributed by atoms with van der Waals surface area (Å²) < 4.78 is 49.8. The third-order valence-electron chi connectivity index (χ3n) is 7.71. The predicted octanol–water partition coefficient (Wildman–Crippen LogP) is 2.22. The molecule has 15 heteroatoms. The largest absolute Gasteiger partial charge is 0.490 e. The average molecular weight is 607 g/mol. The zero-order valence-corrected chi connectivity index (χ0v) is 23.3. The van der Waals surface area contributed by atoms with Crippen LogP contribution in [-0.4, -0.2) is 69.7 Å². The molecule has 0 saturated carbocycles. The summed E-state index contributed by atoms with van der Waals surface area (Å²) in [6.45, 7) is 4.09. The molecule has 0 saturated heterocycles. The number of alkyl halides is 3. The molecular formula is C28H29F3N4O8. The zero-order valence-electron chi connectivity index (χ0n) is 23.3. The number of carboxylic acids is 1. The van der Waals surface area contributed by atoms with Gasteiger partial charge in [-0.15, -0.1) is 0 Å². The van der Waals surface area contributed by atoms with E-state index in [1.54, 1.807) is 17.6 Å². The fraction of sp³-hybridized carbons (Fsp3) is 0.429. The Labute approximate surface area is 242 Å². The predicted molar refractivity (Wildman–Crippen MR) is 144 cm³/mol. The van der Waals surface area contributed by atoms with Gasteiger partial charge in [-0.2, -0.15) is 13.2 Å². The van der Waals surface area contributed by atoms with Gasteiger partial charge in [0.25, 0.3) is 5.56 Å². The number of aromatic nitrogens is 2. The monoisotopic (exact) mass is 606 g/mol. The fourth-order valence-electron chi connectivity index (χ4n) is 5.44. The molecule has 0 aliphatic carbocycles. The van der Waals surface area contributed by atoms with Crippen LogP contribution in [-0.2, 0) is 39.6 Å². The Morgan fingerprint density at radius 3 is 2.47 bits per heavy atom. The number of halogens is 3. The molecule has 3 aliphatic heterocycles.